The summed E-state index contributed by atoms with van der Waals surface area (Å²) in [5.74, 6) is -0.0734. The number of rotatable bonds is 3. The minimum atomic E-state index is -3.66. The number of carbonyl (C=O) groups excluding carboxylic acids is 1. The summed E-state index contributed by atoms with van der Waals surface area (Å²) in [5, 5.41) is 0. The van der Waals surface area contributed by atoms with Gasteiger partial charge in [-0.05, 0) is 49.8 Å². The van der Waals surface area contributed by atoms with Gasteiger partial charge in [-0.2, -0.15) is 4.31 Å². The highest BCUT2D eigenvalue weighted by Crippen LogP contribution is 2.29. The predicted octanol–water partition coefficient (Wildman–Crippen LogP) is 2.71. The van der Waals surface area contributed by atoms with Crippen LogP contribution in [0.25, 0.3) is 0 Å². The van der Waals surface area contributed by atoms with Crippen molar-refractivity contribution in [2.75, 3.05) is 19.6 Å². The van der Waals surface area contributed by atoms with Gasteiger partial charge in [-0.15, -0.1) is 0 Å². The van der Waals surface area contributed by atoms with E-state index in [9.17, 15) is 13.2 Å². The molecule has 7 heteroatoms. The molecule has 0 unspecified atom stereocenters. The molecule has 1 saturated heterocycles. The summed E-state index contributed by atoms with van der Waals surface area (Å²) in [6.07, 6.45) is 3.87. The average Bonchev–Trinajstić information content (AvgIpc) is 3.03. The molecule has 1 fully saturated rings. The van der Waals surface area contributed by atoms with Gasteiger partial charge >= 0.3 is 0 Å². The number of hydrogen-bond acceptors (Lipinski definition) is 3. The van der Waals surface area contributed by atoms with Crippen LogP contribution in [0.1, 0.15) is 46.6 Å². The second-order valence-electron chi connectivity index (χ2n) is 7.75. The highest BCUT2D eigenvalue weighted by molar-refractivity contribution is 7.89. The SMILES string of the molecule is Cc1c(S(=O)(=O)N2CCc3ccccc3C2)cc(C(=O)N2CCCCC2)n1C. The summed E-state index contributed by atoms with van der Waals surface area (Å²) >= 11 is 0. The van der Waals surface area contributed by atoms with Crippen LogP contribution in [0.4, 0.5) is 0 Å². The Morgan fingerprint density at radius 3 is 2.39 bits per heavy atom. The third kappa shape index (κ3) is 3.26. The minimum absolute atomic E-state index is 0.0734. The van der Waals surface area contributed by atoms with Crippen molar-refractivity contribution in [2.24, 2.45) is 7.05 Å². The van der Waals surface area contributed by atoms with Crippen molar-refractivity contribution in [3.8, 4) is 0 Å². The van der Waals surface area contributed by atoms with E-state index in [0.29, 0.717) is 30.9 Å². The number of sulfonamides is 1. The van der Waals surface area contributed by atoms with E-state index in [4.69, 9.17) is 0 Å². The van der Waals surface area contributed by atoms with Crippen molar-refractivity contribution in [1.82, 2.24) is 13.8 Å². The minimum Gasteiger partial charge on any atom is -0.343 e. The molecular weight excluding hydrogens is 374 g/mol. The normalized spacial score (nSPS) is 18.1. The number of fused-ring (bicyclic) bond motifs is 1. The fourth-order valence-electron chi connectivity index (χ4n) is 4.21. The van der Waals surface area contributed by atoms with Gasteiger partial charge in [-0.25, -0.2) is 8.42 Å². The first-order chi connectivity index (χ1) is 13.4. The second kappa shape index (κ2) is 7.37. The van der Waals surface area contributed by atoms with Crippen LogP contribution in [-0.4, -0.2) is 47.7 Å². The van der Waals surface area contributed by atoms with E-state index in [0.717, 1.165) is 37.9 Å². The predicted molar refractivity (Wildman–Crippen MR) is 108 cm³/mol. The molecule has 0 atom stereocenters. The van der Waals surface area contributed by atoms with Crippen LogP contribution in [0, 0.1) is 6.92 Å². The lowest BCUT2D eigenvalue weighted by molar-refractivity contribution is 0.0714. The molecule has 1 aromatic heterocycles. The Morgan fingerprint density at radius 1 is 1.00 bits per heavy atom. The maximum absolute atomic E-state index is 13.4. The zero-order valence-corrected chi connectivity index (χ0v) is 17.3. The lowest BCUT2D eigenvalue weighted by Gasteiger charge is -2.28. The zero-order valence-electron chi connectivity index (χ0n) is 16.5. The molecule has 2 aliphatic heterocycles. The third-order valence-electron chi connectivity index (χ3n) is 6.06. The number of benzene rings is 1. The fourth-order valence-corrected chi connectivity index (χ4v) is 5.90. The van der Waals surface area contributed by atoms with Crippen LogP contribution >= 0.6 is 0 Å². The van der Waals surface area contributed by atoms with Crippen LogP contribution in [0.2, 0.25) is 0 Å². The molecule has 1 amide bonds. The highest BCUT2D eigenvalue weighted by Gasteiger charge is 2.33. The van der Waals surface area contributed by atoms with E-state index >= 15 is 0 Å². The Hall–Kier alpha value is -2.12. The Kier molecular flexibility index (Phi) is 5.05. The molecule has 28 heavy (non-hydrogen) atoms. The van der Waals surface area contributed by atoms with Gasteiger partial charge in [0.2, 0.25) is 10.0 Å². The number of carbonyl (C=O) groups is 1. The van der Waals surface area contributed by atoms with Crippen LogP contribution in [0.15, 0.2) is 35.2 Å². The lowest BCUT2D eigenvalue weighted by atomic mass is 10.0. The number of amides is 1. The van der Waals surface area contributed by atoms with Crippen LogP contribution in [-0.2, 0) is 30.0 Å². The molecule has 150 valence electrons. The Labute approximate surface area is 166 Å². The Bertz CT molecular complexity index is 1000. The van der Waals surface area contributed by atoms with E-state index in [2.05, 4.69) is 6.07 Å². The first kappa shape index (κ1) is 19.2. The molecule has 1 aromatic carbocycles. The van der Waals surface area contributed by atoms with Crippen LogP contribution in [0.5, 0.6) is 0 Å². The molecule has 0 saturated carbocycles. The van der Waals surface area contributed by atoms with Crippen LogP contribution in [0.3, 0.4) is 0 Å². The van der Waals surface area contributed by atoms with Gasteiger partial charge in [0, 0.05) is 38.9 Å². The molecule has 2 aromatic rings. The Morgan fingerprint density at radius 2 is 1.68 bits per heavy atom. The van der Waals surface area contributed by atoms with E-state index in [1.807, 2.05) is 23.1 Å². The summed E-state index contributed by atoms with van der Waals surface area (Å²) < 4.78 is 30.0. The van der Waals surface area contributed by atoms with Crippen LogP contribution < -0.4 is 0 Å². The van der Waals surface area contributed by atoms with Gasteiger partial charge in [-0.3, -0.25) is 4.79 Å². The van der Waals surface area contributed by atoms with Gasteiger partial charge in [0.15, 0.2) is 0 Å². The molecule has 0 spiro atoms. The number of nitrogens with zero attached hydrogens (tertiary/aromatic N) is 3. The monoisotopic (exact) mass is 401 g/mol. The summed E-state index contributed by atoms with van der Waals surface area (Å²) in [7, 11) is -1.88. The smallest absolute Gasteiger partial charge is 0.270 e. The maximum atomic E-state index is 13.4. The molecule has 6 nitrogen and oxygen atoms in total. The molecule has 2 aliphatic rings. The summed E-state index contributed by atoms with van der Waals surface area (Å²) in [6, 6.07) is 9.55. The first-order valence-corrected chi connectivity index (χ1v) is 11.4. The van der Waals surface area contributed by atoms with Crippen molar-refractivity contribution >= 4 is 15.9 Å². The number of piperidine rings is 1. The number of hydrogen-bond donors (Lipinski definition) is 0. The standard InChI is InChI=1S/C21H27N3O3S/c1-16-20(14-19(22(16)2)21(25)23-11-6-3-7-12-23)28(26,27)24-13-10-17-8-4-5-9-18(17)15-24/h4-5,8-9,14H,3,6-7,10-13,15H2,1-2H3. The van der Waals surface area contributed by atoms with E-state index < -0.39 is 10.0 Å². The van der Waals surface area contributed by atoms with Gasteiger partial charge in [-0.1, -0.05) is 24.3 Å². The molecule has 4 rings (SSSR count). The topological polar surface area (TPSA) is 62.6 Å². The van der Waals surface area contributed by atoms with E-state index in [-0.39, 0.29) is 10.8 Å². The van der Waals surface area contributed by atoms with E-state index in [1.54, 1.807) is 24.6 Å². The molecular formula is C21H27N3O3S. The van der Waals surface area contributed by atoms with Crippen molar-refractivity contribution in [3.63, 3.8) is 0 Å². The van der Waals surface area contributed by atoms with Gasteiger partial charge in [0.25, 0.3) is 5.91 Å². The zero-order chi connectivity index (χ0) is 19.9. The van der Waals surface area contributed by atoms with Gasteiger partial charge in [0.1, 0.15) is 10.6 Å². The highest BCUT2D eigenvalue weighted by atomic mass is 32.2. The maximum Gasteiger partial charge on any atom is 0.270 e. The van der Waals surface area contributed by atoms with Gasteiger partial charge < -0.3 is 9.47 Å². The molecule has 0 aliphatic carbocycles. The summed E-state index contributed by atoms with van der Waals surface area (Å²) in [6.45, 7) is 4.10. The lowest BCUT2D eigenvalue weighted by Crippen LogP contribution is -2.36. The molecule has 0 N–H and O–H groups in total. The second-order valence-corrected chi connectivity index (χ2v) is 9.65. The third-order valence-corrected chi connectivity index (χ3v) is 8.03. The summed E-state index contributed by atoms with van der Waals surface area (Å²) in [5.41, 5.74) is 3.32. The van der Waals surface area contributed by atoms with Gasteiger partial charge in [0.05, 0.1) is 0 Å². The molecule has 3 heterocycles. The number of aromatic nitrogens is 1. The molecule has 0 radical (unpaired) electrons. The largest absolute Gasteiger partial charge is 0.343 e. The first-order valence-electron chi connectivity index (χ1n) is 9.92. The van der Waals surface area contributed by atoms with Crippen molar-refractivity contribution < 1.29 is 13.2 Å². The molecule has 0 bridgehead atoms. The van der Waals surface area contributed by atoms with Crippen molar-refractivity contribution in [2.45, 2.75) is 44.0 Å². The number of likely N-dealkylation sites (tertiary alicyclic amines) is 1. The summed E-state index contributed by atoms with van der Waals surface area (Å²) in [4.78, 5) is 15.0. The Balaban J connectivity index is 1.64. The van der Waals surface area contributed by atoms with E-state index in [1.165, 1.54) is 9.87 Å². The quantitative estimate of drug-likeness (QED) is 0.794. The average molecular weight is 402 g/mol. The fraction of sp³-hybridized carbons (Fsp3) is 0.476. The van der Waals surface area contributed by atoms with Crippen molar-refractivity contribution in [3.05, 3.63) is 52.8 Å². The van der Waals surface area contributed by atoms with Crippen molar-refractivity contribution in [1.29, 1.82) is 0 Å².